The van der Waals surface area contributed by atoms with Gasteiger partial charge in [0.2, 0.25) is 10.8 Å². The molecule has 29 heavy (non-hydrogen) atoms. The van der Waals surface area contributed by atoms with Crippen LogP contribution in [0.25, 0.3) is 4.96 Å². The highest BCUT2D eigenvalue weighted by atomic mass is 32.1. The molecule has 1 spiro atoms. The van der Waals surface area contributed by atoms with E-state index in [1.54, 1.807) is 12.1 Å². The van der Waals surface area contributed by atoms with E-state index in [4.69, 9.17) is 9.47 Å². The second-order valence-corrected chi connectivity index (χ2v) is 8.63. The van der Waals surface area contributed by atoms with E-state index in [0.717, 1.165) is 36.4 Å². The summed E-state index contributed by atoms with van der Waals surface area (Å²) in [5.74, 6) is 0.0970. The van der Waals surface area contributed by atoms with E-state index in [1.165, 1.54) is 32.9 Å². The number of likely N-dealkylation sites (tertiary alicyclic amines) is 1. The number of aromatic nitrogens is 3. The Labute approximate surface area is 171 Å². The first-order valence-corrected chi connectivity index (χ1v) is 10.9. The average Bonchev–Trinajstić information content (AvgIpc) is 3.43. The average molecular weight is 420 g/mol. The van der Waals surface area contributed by atoms with Gasteiger partial charge in [0.05, 0.1) is 39.1 Å². The summed E-state index contributed by atoms with van der Waals surface area (Å²) in [6.45, 7) is 4.93. The van der Waals surface area contributed by atoms with E-state index in [2.05, 4.69) is 10.1 Å². The largest absolute Gasteiger partial charge is 0.492 e. The molecule has 7 nitrogen and oxygen atoms in total. The maximum atomic E-state index is 13.6. The van der Waals surface area contributed by atoms with Gasteiger partial charge in [0.25, 0.3) is 0 Å². The van der Waals surface area contributed by atoms with Crippen LogP contribution in [-0.2, 0) is 15.9 Å². The van der Waals surface area contributed by atoms with Crippen LogP contribution in [0.3, 0.4) is 0 Å². The minimum atomic E-state index is -0.458. The highest BCUT2D eigenvalue weighted by Crippen LogP contribution is 2.36. The van der Waals surface area contributed by atoms with Crippen LogP contribution in [0.1, 0.15) is 42.1 Å². The summed E-state index contributed by atoms with van der Waals surface area (Å²) >= 11 is 1.45. The molecule has 5 rings (SSSR count). The fourth-order valence-corrected chi connectivity index (χ4v) is 5.54. The first kappa shape index (κ1) is 18.9. The van der Waals surface area contributed by atoms with Crippen LogP contribution in [0.5, 0.6) is 5.88 Å². The van der Waals surface area contributed by atoms with E-state index in [-0.39, 0.29) is 17.7 Å². The highest BCUT2D eigenvalue weighted by Gasteiger charge is 2.45. The molecular weight excluding hydrogens is 395 g/mol. The maximum Gasteiger partial charge on any atom is 0.235 e. The lowest BCUT2D eigenvalue weighted by Crippen LogP contribution is -3.14. The second-order valence-electron chi connectivity index (χ2n) is 7.62. The van der Waals surface area contributed by atoms with Crippen LogP contribution in [0.2, 0.25) is 0 Å². The predicted octanol–water partition coefficient (Wildman–Crippen LogP) is 1.71. The molecule has 0 aliphatic carbocycles. The fraction of sp³-hybridized carbons (Fsp3) is 0.500. The summed E-state index contributed by atoms with van der Waals surface area (Å²) < 4.78 is 26.8. The lowest BCUT2D eigenvalue weighted by Gasteiger charge is -2.38. The molecule has 1 aromatic carbocycles. The molecule has 0 unspecified atom stereocenters. The van der Waals surface area contributed by atoms with Gasteiger partial charge in [0, 0.05) is 12.0 Å². The predicted molar refractivity (Wildman–Crippen MR) is 105 cm³/mol. The van der Waals surface area contributed by atoms with Crippen molar-refractivity contribution in [3.63, 3.8) is 0 Å². The number of aromatic hydroxyl groups is 1. The molecular formula is C20H24FN4O3S+. The Bertz CT molecular complexity index is 1000. The number of aryl methyl sites for hydroxylation is 1. The van der Waals surface area contributed by atoms with Crippen LogP contribution >= 0.6 is 11.3 Å². The second kappa shape index (κ2) is 7.32. The molecule has 2 saturated heterocycles. The van der Waals surface area contributed by atoms with Crippen molar-refractivity contribution < 1.29 is 23.9 Å². The number of halogens is 1. The Morgan fingerprint density at radius 3 is 2.55 bits per heavy atom. The molecule has 2 aliphatic rings. The number of hydrogen-bond acceptors (Lipinski definition) is 6. The molecule has 3 aromatic rings. The van der Waals surface area contributed by atoms with Crippen LogP contribution < -0.4 is 4.90 Å². The van der Waals surface area contributed by atoms with E-state index in [1.807, 2.05) is 6.92 Å². The van der Waals surface area contributed by atoms with Gasteiger partial charge in [-0.05, 0) is 24.3 Å². The molecule has 2 aromatic heterocycles. The van der Waals surface area contributed by atoms with Gasteiger partial charge in [-0.15, -0.1) is 5.10 Å². The van der Waals surface area contributed by atoms with Gasteiger partial charge in [0.1, 0.15) is 10.7 Å². The number of hydrogen-bond donors (Lipinski definition) is 2. The molecule has 1 atom stereocenters. The number of ether oxygens (including phenoxy) is 2. The molecule has 0 saturated carbocycles. The van der Waals surface area contributed by atoms with Crippen molar-refractivity contribution in [1.82, 2.24) is 14.6 Å². The molecule has 2 fully saturated rings. The SMILES string of the molecule is CCc1nc2sc([C@H](c3ccc(F)cc3)[NH+]3CCC4(CC3)OCCO4)c(O)n2n1. The van der Waals surface area contributed by atoms with Gasteiger partial charge >= 0.3 is 0 Å². The zero-order chi connectivity index (χ0) is 20.0. The van der Waals surface area contributed by atoms with Gasteiger partial charge < -0.3 is 19.5 Å². The van der Waals surface area contributed by atoms with Crippen LogP contribution in [0, 0.1) is 5.82 Å². The molecule has 0 bridgehead atoms. The Morgan fingerprint density at radius 2 is 1.93 bits per heavy atom. The monoisotopic (exact) mass is 419 g/mol. The quantitative estimate of drug-likeness (QED) is 0.674. The van der Waals surface area contributed by atoms with Gasteiger partial charge in [-0.25, -0.2) is 9.37 Å². The standard InChI is InChI=1S/C20H23FN4O3S/c1-2-15-22-19-25(23-15)18(26)17(29-19)16(13-3-5-14(21)6-4-13)24-9-7-20(8-10-24)27-11-12-28-20/h3-6,16,26H,2,7-12H2,1H3/p+1/t16-/m0/s1. The molecule has 2 aliphatic heterocycles. The topological polar surface area (TPSA) is 73.3 Å². The summed E-state index contributed by atoms with van der Waals surface area (Å²) in [6.07, 6.45) is 2.30. The van der Waals surface area contributed by atoms with Crippen molar-refractivity contribution in [3.05, 3.63) is 46.3 Å². The zero-order valence-electron chi connectivity index (χ0n) is 16.2. The Balaban J connectivity index is 1.52. The first-order valence-electron chi connectivity index (χ1n) is 10.0. The van der Waals surface area contributed by atoms with Crippen LogP contribution in [0.15, 0.2) is 24.3 Å². The number of rotatable bonds is 4. The van der Waals surface area contributed by atoms with Crippen LogP contribution in [0.4, 0.5) is 4.39 Å². The van der Waals surface area contributed by atoms with Crippen molar-refractivity contribution in [2.24, 2.45) is 0 Å². The van der Waals surface area contributed by atoms with Crippen molar-refractivity contribution in [3.8, 4) is 5.88 Å². The van der Waals surface area contributed by atoms with Crippen molar-refractivity contribution in [2.75, 3.05) is 26.3 Å². The van der Waals surface area contributed by atoms with Gasteiger partial charge in [-0.3, -0.25) is 0 Å². The van der Waals surface area contributed by atoms with E-state index >= 15 is 0 Å². The lowest BCUT2D eigenvalue weighted by molar-refractivity contribution is -0.933. The summed E-state index contributed by atoms with van der Waals surface area (Å²) in [6, 6.07) is 6.41. The fourth-order valence-electron chi connectivity index (χ4n) is 4.38. The summed E-state index contributed by atoms with van der Waals surface area (Å²) in [7, 11) is 0. The van der Waals surface area contributed by atoms with E-state index in [9.17, 15) is 9.50 Å². The lowest BCUT2D eigenvalue weighted by atomic mass is 9.97. The zero-order valence-corrected chi connectivity index (χ0v) is 17.0. The first-order chi connectivity index (χ1) is 14.1. The van der Waals surface area contributed by atoms with E-state index < -0.39 is 5.79 Å². The third kappa shape index (κ3) is 3.31. The number of fused-ring (bicyclic) bond motifs is 1. The van der Waals surface area contributed by atoms with Crippen molar-refractivity contribution >= 4 is 16.3 Å². The Kier molecular flexibility index (Phi) is 4.78. The molecule has 9 heteroatoms. The third-order valence-corrected chi connectivity index (χ3v) is 6.99. The maximum absolute atomic E-state index is 13.6. The number of nitrogens with zero attached hydrogens (tertiary/aromatic N) is 3. The van der Waals surface area contributed by atoms with Gasteiger partial charge in [-0.2, -0.15) is 4.52 Å². The number of quaternary nitrogens is 1. The minimum absolute atomic E-state index is 0.118. The molecule has 4 heterocycles. The van der Waals surface area contributed by atoms with Gasteiger partial charge in [-0.1, -0.05) is 18.3 Å². The summed E-state index contributed by atoms with van der Waals surface area (Å²) in [4.78, 5) is 7.27. The normalized spacial score (nSPS) is 20.6. The summed E-state index contributed by atoms with van der Waals surface area (Å²) in [5.41, 5.74) is 0.959. The van der Waals surface area contributed by atoms with Crippen molar-refractivity contribution in [1.29, 1.82) is 0 Å². The van der Waals surface area contributed by atoms with Gasteiger partial charge in [0.15, 0.2) is 17.7 Å². The highest BCUT2D eigenvalue weighted by molar-refractivity contribution is 7.17. The smallest absolute Gasteiger partial charge is 0.235 e. The number of nitrogens with one attached hydrogen (secondary N) is 1. The Hall–Kier alpha value is -2.07. The van der Waals surface area contributed by atoms with Crippen LogP contribution in [-0.4, -0.2) is 51.8 Å². The number of thiazole rings is 1. The summed E-state index contributed by atoms with van der Waals surface area (Å²) in [5, 5.41) is 15.4. The number of piperidine rings is 1. The minimum Gasteiger partial charge on any atom is -0.492 e. The van der Waals surface area contributed by atoms with E-state index in [0.29, 0.717) is 30.4 Å². The third-order valence-electron chi connectivity index (χ3n) is 5.90. The van der Waals surface area contributed by atoms with Crippen molar-refractivity contribution in [2.45, 2.75) is 38.0 Å². The number of benzene rings is 1. The molecule has 154 valence electrons. The molecule has 0 radical (unpaired) electrons. The molecule has 0 amide bonds. The Morgan fingerprint density at radius 1 is 1.24 bits per heavy atom. The molecule has 2 N–H and O–H groups in total.